The number of benzene rings is 1. The third kappa shape index (κ3) is 1.79. The first kappa shape index (κ1) is 11.6. The van der Waals surface area contributed by atoms with Gasteiger partial charge in [-0.3, -0.25) is 9.36 Å². The molecule has 0 unspecified atom stereocenters. The van der Waals surface area contributed by atoms with Gasteiger partial charge in [-0.05, 0) is 39.3 Å². The zero-order valence-corrected chi connectivity index (χ0v) is 10.5. The summed E-state index contributed by atoms with van der Waals surface area (Å²) in [7, 11) is 0. The van der Waals surface area contributed by atoms with Gasteiger partial charge in [0, 0.05) is 5.54 Å². The highest BCUT2D eigenvalue weighted by Gasteiger charge is 2.20. The lowest BCUT2D eigenvalue weighted by Crippen LogP contribution is -2.44. The van der Waals surface area contributed by atoms with Crippen molar-refractivity contribution >= 4 is 10.9 Å². The molecule has 0 atom stereocenters. The molecule has 4 nitrogen and oxygen atoms in total. The normalized spacial score (nSPS) is 12.0. The lowest BCUT2D eigenvalue weighted by Gasteiger charge is -2.21. The highest BCUT2D eigenvalue weighted by molar-refractivity contribution is 5.80. The largest absolute Gasteiger partial charge is 0.329 e. The molecule has 0 saturated carbocycles. The summed E-state index contributed by atoms with van der Waals surface area (Å²) in [4.78, 5) is 27.0. The van der Waals surface area contributed by atoms with Crippen LogP contribution < -0.4 is 11.2 Å². The van der Waals surface area contributed by atoms with E-state index in [4.69, 9.17) is 0 Å². The molecule has 0 amide bonds. The Morgan fingerprint density at radius 1 is 1.18 bits per heavy atom. The molecule has 0 spiro atoms. The average molecular weight is 232 g/mol. The van der Waals surface area contributed by atoms with Crippen molar-refractivity contribution in [3.8, 4) is 0 Å². The molecule has 0 saturated heterocycles. The maximum Gasteiger partial charge on any atom is 0.329 e. The first-order valence-corrected chi connectivity index (χ1v) is 5.57. The van der Waals surface area contributed by atoms with Gasteiger partial charge < -0.3 is 4.98 Å². The van der Waals surface area contributed by atoms with Crippen LogP contribution in [-0.4, -0.2) is 9.55 Å². The third-order valence-electron chi connectivity index (χ3n) is 2.81. The topological polar surface area (TPSA) is 54.9 Å². The van der Waals surface area contributed by atoms with Gasteiger partial charge in [0.05, 0.1) is 10.9 Å². The van der Waals surface area contributed by atoms with Crippen LogP contribution in [0.5, 0.6) is 0 Å². The van der Waals surface area contributed by atoms with E-state index in [1.54, 1.807) is 6.07 Å². The van der Waals surface area contributed by atoms with Gasteiger partial charge in [0.1, 0.15) is 0 Å². The Morgan fingerprint density at radius 2 is 1.82 bits per heavy atom. The lowest BCUT2D eigenvalue weighted by atomic mass is 10.1. The number of aromatic nitrogens is 2. The van der Waals surface area contributed by atoms with Crippen molar-refractivity contribution in [1.29, 1.82) is 0 Å². The molecule has 1 aromatic carbocycles. The number of aromatic amines is 1. The van der Waals surface area contributed by atoms with Crippen molar-refractivity contribution in [3.05, 3.63) is 44.6 Å². The summed E-state index contributed by atoms with van der Waals surface area (Å²) in [5.41, 5.74) is 0.360. The Labute approximate surface area is 98.9 Å². The maximum atomic E-state index is 12.4. The summed E-state index contributed by atoms with van der Waals surface area (Å²) < 4.78 is 1.27. The molecule has 2 rings (SSSR count). The van der Waals surface area contributed by atoms with Crippen molar-refractivity contribution in [2.45, 2.75) is 33.2 Å². The van der Waals surface area contributed by atoms with E-state index < -0.39 is 5.54 Å². The van der Waals surface area contributed by atoms with Gasteiger partial charge in [-0.1, -0.05) is 12.1 Å². The molecule has 1 N–H and O–H groups in total. The lowest BCUT2D eigenvalue weighted by molar-refractivity contribution is 0.369. The molecule has 0 radical (unpaired) electrons. The second kappa shape index (κ2) is 3.58. The van der Waals surface area contributed by atoms with Crippen LogP contribution in [0.15, 0.2) is 27.8 Å². The van der Waals surface area contributed by atoms with Crippen molar-refractivity contribution in [1.82, 2.24) is 9.55 Å². The predicted octanol–water partition coefficient (Wildman–Crippen LogP) is 1.75. The van der Waals surface area contributed by atoms with E-state index in [-0.39, 0.29) is 11.2 Å². The molecule has 0 aliphatic heterocycles. The van der Waals surface area contributed by atoms with E-state index in [1.807, 2.05) is 39.8 Å². The van der Waals surface area contributed by atoms with Crippen LogP contribution in [0, 0.1) is 6.92 Å². The summed E-state index contributed by atoms with van der Waals surface area (Å²) in [5.74, 6) is 0. The van der Waals surface area contributed by atoms with Crippen molar-refractivity contribution < 1.29 is 0 Å². The number of nitrogens with one attached hydrogen (secondary N) is 1. The molecule has 0 aliphatic rings. The molecule has 4 heteroatoms. The molecule has 0 bridgehead atoms. The number of hydrogen-bond acceptors (Lipinski definition) is 2. The van der Waals surface area contributed by atoms with Crippen LogP contribution in [0.25, 0.3) is 10.9 Å². The smallest absolute Gasteiger partial charge is 0.307 e. The Balaban J connectivity index is 3.05. The second-order valence-corrected chi connectivity index (χ2v) is 5.24. The fraction of sp³-hybridized carbons (Fsp3) is 0.385. The minimum atomic E-state index is -0.527. The number of H-pyrrole nitrogens is 1. The maximum absolute atomic E-state index is 12.4. The van der Waals surface area contributed by atoms with Gasteiger partial charge in [-0.2, -0.15) is 0 Å². The Kier molecular flexibility index (Phi) is 2.45. The van der Waals surface area contributed by atoms with Gasteiger partial charge in [0.25, 0.3) is 5.56 Å². The van der Waals surface area contributed by atoms with Crippen molar-refractivity contribution in [2.75, 3.05) is 0 Å². The highest BCUT2D eigenvalue weighted by atomic mass is 16.2. The minimum absolute atomic E-state index is 0.227. The number of hydrogen-bond donors (Lipinski definition) is 1. The second-order valence-electron chi connectivity index (χ2n) is 5.24. The molecular weight excluding hydrogens is 216 g/mol. The van der Waals surface area contributed by atoms with Crippen molar-refractivity contribution in [2.24, 2.45) is 0 Å². The summed E-state index contributed by atoms with van der Waals surface area (Å²) in [6, 6.07) is 5.45. The van der Waals surface area contributed by atoms with Crippen LogP contribution in [-0.2, 0) is 5.54 Å². The number of fused-ring (bicyclic) bond motifs is 1. The van der Waals surface area contributed by atoms with Gasteiger partial charge in [-0.15, -0.1) is 0 Å². The molecule has 2 aromatic rings. The average Bonchev–Trinajstić information content (AvgIpc) is 2.14. The van der Waals surface area contributed by atoms with Gasteiger partial charge in [0.2, 0.25) is 0 Å². The number of nitrogens with zero attached hydrogens (tertiary/aromatic N) is 1. The van der Waals surface area contributed by atoms with E-state index in [2.05, 4.69) is 4.98 Å². The Morgan fingerprint density at radius 3 is 2.41 bits per heavy atom. The first-order valence-electron chi connectivity index (χ1n) is 5.57. The van der Waals surface area contributed by atoms with Crippen LogP contribution in [0.3, 0.4) is 0 Å². The van der Waals surface area contributed by atoms with Crippen molar-refractivity contribution in [3.63, 3.8) is 0 Å². The molecular formula is C13H16N2O2. The van der Waals surface area contributed by atoms with Gasteiger partial charge >= 0.3 is 5.69 Å². The quantitative estimate of drug-likeness (QED) is 0.752. The number of aryl methyl sites for hydroxylation is 1. The summed E-state index contributed by atoms with van der Waals surface area (Å²) in [6.07, 6.45) is 0. The fourth-order valence-electron chi connectivity index (χ4n) is 2.04. The zero-order chi connectivity index (χ0) is 12.8. The van der Waals surface area contributed by atoms with E-state index in [0.29, 0.717) is 10.9 Å². The predicted molar refractivity (Wildman–Crippen MR) is 68.6 cm³/mol. The van der Waals surface area contributed by atoms with E-state index >= 15 is 0 Å². The molecule has 1 heterocycles. The van der Waals surface area contributed by atoms with Crippen LogP contribution in [0.4, 0.5) is 0 Å². The van der Waals surface area contributed by atoms with Gasteiger partial charge in [0.15, 0.2) is 0 Å². The fourth-order valence-corrected chi connectivity index (χ4v) is 2.04. The van der Waals surface area contributed by atoms with E-state index in [0.717, 1.165) is 5.56 Å². The summed E-state index contributed by atoms with van der Waals surface area (Å²) in [5, 5.41) is 0.585. The Bertz CT molecular complexity index is 687. The van der Waals surface area contributed by atoms with E-state index in [9.17, 15) is 9.59 Å². The molecule has 17 heavy (non-hydrogen) atoms. The number of rotatable bonds is 0. The molecule has 90 valence electrons. The molecule has 0 aliphatic carbocycles. The zero-order valence-electron chi connectivity index (χ0n) is 10.5. The summed E-state index contributed by atoms with van der Waals surface area (Å²) in [6.45, 7) is 7.39. The SMILES string of the molecule is Cc1cccc2[nH]c(=O)n(C(C)(C)C)c(=O)c12. The van der Waals surface area contributed by atoms with Crippen LogP contribution >= 0.6 is 0 Å². The molecule has 0 fully saturated rings. The monoisotopic (exact) mass is 232 g/mol. The highest BCUT2D eigenvalue weighted by Crippen LogP contribution is 2.13. The standard InChI is InChI=1S/C13H16N2O2/c1-8-6-5-7-9-10(8)11(16)15(12(17)14-9)13(2,3)4/h5-7H,1-4H3,(H,14,17). The van der Waals surface area contributed by atoms with Crippen LogP contribution in [0.2, 0.25) is 0 Å². The summed E-state index contributed by atoms with van der Waals surface area (Å²) >= 11 is 0. The molecule has 1 aromatic heterocycles. The first-order chi connectivity index (χ1) is 7.82. The third-order valence-corrected chi connectivity index (χ3v) is 2.81. The minimum Gasteiger partial charge on any atom is -0.307 e. The van der Waals surface area contributed by atoms with Crippen LogP contribution in [0.1, 0.15) is 26.3 Å². The van der Waals surface area contributed by atoms with Gasteiger partial charge in [-0.25, -0.2) is 4.79 Å². The Hall–Kier alpha value is -1.84. The van der Waals surface area contributed by atoms with E-state index in [1.165, 1.54) is 4.57 Å².